The summed E-state index contributed by atoms with van der Waals surface area (Å²) in [5.41, 5.74) is 2.34. The molecule has 0 aliphatic carbocycles. The summed E-state index contributed by atoms with van der Waals surface area (Å²) in [5.74, 6) is 0.928. The van der Waals surface area contributed by atoms with Gasteiger partial charge in [0.05, 0.1) is 5.69 Å². The van der Waals surface area contributed by atoms with E-state index >= 15 is 0 Å². The van der Waals surface area contributed by atoms with E-state index in [1.807, 2.05) is 30.3 Å². The molecule has 0 bridgehead atoms. The van der Waals surface area contributed by atoms with Crippen molar-refractivity contribution in [3.8, 4) is 5.69 Å². The number of benzene rings is 1. The van der Waals surface area contributed by atoms with E-state index in [0.29, 0.717) is 0 Å². The molecule has 0 radical (unpaired) electrons. The molecule has 23 heavy (non-hydrogen) atoms. The van der Waals surface area contributed by atoms with Crippen LogP contribution in [0, 0.1) is 6.92 Å². The van der Waals surface area contributed by atoms with Crippen LogP contribution in [0.2, 0.25) is 0 Å². The van der Waals surface area contributed by atoms with Crippen molar-refractivity contribution >= 4 is 35.5 Å². The summed E-state index contributed by atoms with van der Waals surface area (Å²) in [7, 11) is 0. The number of nitrogens with zero attached hydrogens (tertiary/aromatic N) is 4. The average molecular weight is 368 g/mol. The number of aromatic nitrogens is 4. The molecule has 2 heterocycles. The van der Waals surface area contributed by atoms with Crippen molar-refractivity contribution in [3.63, 3.8) is 0 Å². The van der Waals surface area contributed by atoms with E-state index in [4.69, 9.17) is 0 Å². The molecule has 0 amide bonds. The van der Waals surface area contributed by atoms with Gasteiger partial charge in [-0.25, -0.2) is 0 Å². The van der Waals surface area contributed by atoms with Crippen molar-refractivity contribution in [1.29, 1.82) is 0 Å². The first-order valence-electron chi connectivity index (χ1n) is 7.05. The van der Waals surface area contributed by atoms with Gasteiger partial charge in [0.15, 0.2) is 0 Å². The zero-order valence-electron chi connectivity index (χ0n) is 12.7. The normalized spacial score (nSPS) is 10.5. The molecule has 0 aliphatic heterocycles. The lowest BCUT2D eigenvalue weighted by molar-refractivity contribution is 0.733. The van der Waals surface area contributed by atoms with Crippen molar-refractivity contribution in [2.75, 3.05) is 12.3 Å². The zero-order valence-corrected chi connectivity index (χ0v) is 15.1. The Hall–Kier alpha value is -1.41. The van der Waals surface area contributed by atoms with Crippen molar-refractivity contribution in [3.05, 3.63) is 52.2 Å². The number of tetrazole rings is 1. The Labute approximate surface area is 149 Å². The lowest BCUT2D eigenvalue weighted by Gasteiger charge is -2.05. The van der Waals surface area contributed by atoms with Crippen LogP contribution < -0.4 is 5.32 Å². The highest BCUT2D eigenvalue weighted by atomic mass is 35.5. The molecular weight excluding hydrogens is 350 g/mol. The second-order valence-electron chi connectivity index (χ2n) is 4.76. The van der Waals surface area contributed by atoms with Gasteiger partial charge in [0.25, 0.3) is 0 Å². The molecule has 0 aliphatic rings. The Morgan fingerprint density at radius 2 is 2.04 bits per heavy atom. The smallest absolute Gasteiger partial charge is 0.214 e. The number of rotatable bonds is 7. The molecule has 0 saturated carbocycles. The molecule has 0 spiro atoms. The monoisotopic (exact) mass is 367 g/mol. The van der Waals surface area contributed by atoms with Crippen LogP contribution in [0.4, 0.5) is 0 Å². The summed E-state index contributed by atoms with van der Waals surface area (Å²) in [6.45, 7) is 3.99. The highest BCUT2D eigenvalue weighted by molar-refractivity contribution is 7.99. The molecule has 1 N–H and O–H groups in total. The quantitative estimate of drug-likeness (QED) is 0.512. The zero-order chi connectivity index (χ0) is 15.2. The molecule has 1 aromatic carbocycles. The SMILES string of the molecule is Cc1ccsc1CNCCSc1nnnn1-c1ccccc1.Cl. The molecule has 0 unspecified atom stereocenters. The van der Waals surface area contributed by atoms with Gasteiger partial charge < -0.3 is 5.32 Å². The first-order valence-corrected chi connectivity index (χ1v) is 8.91. The van der Waals surface area contributed by atoms with Gasteiger partial charge in [-0.3, -0.25) is 0 Å². The lowest BCUT2D eigenvalue weighted by atomic mass is 10.3. The summed E-state index contributed by atoms with van der Waals surface area (Å²) >= 11 is 3.46. The summed E-state index contributed by atoms with van der Waals surface area (Å²) in [4.78, 5) is 1.40. The van der Waals surface area contributed by atoms with Gasteiger partial charge in [0.2, 0.25) is 5.16 Å². The number of thioether (sulfide) groups is 1. The Balaban J connectivity index is 0.00000192. The molecule has 8 heteroatoms. The first-order chi connectivity index (χ1) is 10.8. The van der Waals surface area contributed by atoms with E-state index in [1.54, 1.807) is 27.8 Å². The average Bonchev–Trinajstić information content (AvgIpc) is 3.17. The van der Waals surface area contributed by atoms with Crippen molar-refractivity contribution in [2.24, 2.45) is 0 Å². The fraction of sp³-hybridized carbons (Fsp3) is 0.267. The fourth-order valence-electron chi connectivity index (χ4n) is 2.00. The molecule has 122 valence electrons. The summed E-state index contributed by atoms with van der Waals surface area (Å²) in [6, 6.07) is 12.1. The van der Waals surface area contributed by atoms with Gasteiger partial charge in [-0.15, -0.1) is 28.8 Å². The van der Waals surface area contributed by atoms with E-state index in [0.717, 1.165) is 29.7 Å². The topological polar surface area (TPSA) is 55.6 Å². The van der Waals surface area contributed by atoms with E-state index in [2.05, 4.69) is 39.2 Å². The van der Waals surface area contributed by atoms with Gasteiger partial charge in [-0.05, 0) is 46.5 Å². The molecule has 3 rings (SSSR count). The summed E-state index contributed by atoms with van der Waals surface area (Å²) in [5, 5.41) is 18.3. The predicted octanol–water partition coefficient (Wildman–Crippen LogP) is 3.34. The van der Waals surface area contributed by atoms with Crippen molar-refractivity contribution < 1.29 is 0 Å². The van der Waals surface area contributed by atoms with E-state index in [-0.39, 0.29) is 12.4 Å². The van der Waals surface area contributed by atoms with Crippen LogP contribution >= 0.6 is 35.5 Å². The molecular formula is C15H18ClN5S2. The van der Waals surface area contributed by atoms with Crippen LogP contribution in [0.5, 0.6) is 0 Å². The predicted molar refractivity (Wildman–Crippen MR) is 97.9 cm³/mol. The number of nitrogens with one attached hydrogen (secondary N) is 1. The fourth-order valence-corrected chi connectivity index (χ4v) is 3.66. The van der Waals surface area contributed by atoms with Crippen LogP contribution in [-0.2, 0) is 6.54 Å². The van der Waals surface area contributed by atoms with E-state index < -0.39 is 0 Å². The Morgan fingerprint density at radius 3 is 2.78 bits per heavy atom. The lowest BCUT2D eigenvalue weighted by Crippen LogP contribution is -2.16. The van der Waals surface area contributed by atoms with Crippen LogP contribution in [-0.4, -0.2) is 32.5 Å². The second-order valence-corrected chi connectivity index (χ2v) is 6.82. The highest BCUT2D eigenvalue weighted by Gasteiger charge is 2.08. The number of hydrogen-bond acceptors (Lipinski definition) is 6. The maximum Gasteiger partial charge on any atom is 0.214 e. The number of aryl methyl sites for hydroxylation is 1. The van der Waals surface area contributed by atoms with Gasteiger partial charge >= 0.3 is 0 Å². The number of hydrogen-bond donors (Lipinski definition) is 1. The second kappa shape index (κ2) is 9.02. The largest absolute Gasteiger partial charge is 0.311 e. The third-order valence-electron chi connectivity index (χ3n) is 3.21. The van der Waals surface area contributed by atoms with Gasteiger partial charge in [0.1, 0.15) is 0 Å². The maximum absolute atomic E-state index is 4.09. The van der Waals surface area contributed by atoms with Crippen molar-refractivity contribution in [1.82, 2.24) is 25.5 Å². The molecule has 3 aromatic rings. The molecule has 0 fully saturated rings. The molecule has 0 saturated heterocycles. The number of thiophene rings is 1. The van der Waals surface area contributed by atoms with E-state index in [1.165, 1.54) is 10.4 Å². The van der Waals surface area contributed by atoms with Crippen molar-refractivity contribution in [2.45, 2.75) is 18.6 Å². The first kappa shape index (κ1) is 17.9. The third-order valence-corrected chi connectivity index (χ3v) is 5.15. The van der Waals surface area contributed by atoms with E-state index in [9.17, 15) is 0 Å². The van der Waals surface area contributed by atoms with Crippen LogP contribution in [0.1, 0.15) is 10.4 Å². The van der Waals surface area contributed by atoms with Gasteiger partial charge in [0, 0.05) is 23.7 Å². The minimum absolute atomic E-state index is 0. The third kappa shape index (κ3) is 4.78. The Morgan fingerprint density at radius 1 is 1.22 bits per heavy atom. The number of para-hydroxylation sites is 1. The molecule has 5 nitrogen and oxygen atoms in total. The maximum atomic E-state index is 4.09. The Bertz CT molecular complexity index is 713. The minimum atomic E-state index is 0. The molecule has 2 aromatic heterocycles. The van der Waals surface area contributed by atoms with Gasteiger partial charge in [-0.1, -0.05) is 30.0 Å². The van der Waals surface area contributed by atoms with Crippen LogP contribution in [0.25, 0.3) is 5.69 Å². The number of halogens is 1. The summed E-state index contributed by atoms with van der Waals surface area (Å²) in [6.07, 6.45) is 0. The van der Waals surface area contributed by atoms with Gasteiger partial charge in [-0.2, -0.15) is 4.68 Å². The molecule has 0 atom stereocenters. The highest BCUT2D eigenvalue weighted by Crippen LogP contribution is 2.18. The minimum Gasteiger partial charge on any atom is -0.311 e. The van der Waals surface area contributed by atoms with Crippen LogP contribution in [0.15, 0.2) is 46.9 Å². The summed E-state index contributed by atoms with van der Waals surface area (Å²) < 4.78 is 1.77. The standard InChI is InChI=1S/C15H17N5S2.ClH/c1-12-7-9-21-14(12)11-16-8-10-22-15-17-18-19-20(15)13-5-3-2-4-6-13;/h2-7,9,16H,8,10-11H2,1H3;1H. The van der Waals surface area contributed by atoms with Crippen LogP contribution in [0.3, 0.4) is 0 Å². The Kier molecular flexibility index (Phi) is 7.04.